The van der Waals surface area contributed by atoms with Crippen molar-refractivity contribution in [2.45, 2.75) is 6.04 Å². The molecule has 0 rings (SSSR count). The SMILES string of the molecule is C=C(CO)C(C=NC)NI. The second kappa shape index (κ2) is 5.82. The Labute approximate surface area is 74.7 Å². The van der Waals surface area contributed by atoms with E-state index in [0.717, 1.165) is 5.57 Å². The molecule has 1 atom stereocenters. The minimum Gasteiger partial charge on any atom is -0.392 e. The van der Waals surface area contributed by atoms with Crippen LogP contribution in [-0.2, 0) is 0 Å². The predicted octanol–water partition coefficient (Wildman–Crippen LogP) is 0.544. The molecule has 0 aliphatic heterocycles. The number of rotatable bonds is 4. The topological polar surface area (TPSA) is 44.6 Å². The van der Waals surface area contributed by atoms with Gasteiger partial charge in [0.2, 0.25) is 0 Å². The zero-order valence-electron chi connectivity index (χ0n) is 5.84. The average molecular weight is 254 g/mol. The van der Waals surface area contributed by atoms with Gasteiger partial charge in [-0.2, -0.15) is 0 Å². The van der Waals surface area contributed by atoms with Gasteiger partial charge in [0.05, 0.1) is 12.6 Å². The summed E-state index contributed by atoms with van der Waals surface area (Å²) in [5.41, 5.74) is 0.722. The van der Waals surface area contributed by atoms with Crippen LogP contribution in [0.5, 0.6) is 0 Å². The van der Waals surface area contributed by atoms with Gasteiger partial charge < -0.3 is 5.11 Å². The van der Waals surface area contributed by atoms with Crippen LogP contribution < -0.4 is 3.53 Å². The summed E-state index contributed by atoms with van der Waals surface area (Å²) in [7, 11) is 1.69. The average Bonchev–Trinajstić information content (AvgIpc) is 1.99. The van der Waals surface area contributed by atoms with Crippen LogP contribution in [0.4, 0.5) is 0 Å². The summed E-state index contributed by atoms with van der Waals surface area (Å²) in [6.45, 7) is 3.65. The molecule has 10 heavy (non-hydrogen) atoms. The van der Waals surface area contributed by atoms with Crippen molar-refractivity contribution >= 4 is 29.1 Å². The number of aliphatic hydroxyl groups is 1. The Balaban J connectivity index is 3.93. The van der Waals surface area contributed by atoms with Crippen LogP contribution in [-0.4, -0.2) is 31.0 Å². The molecule has 0 fully saturated rings. The molecule has 0 saturated heterocycles. The highest BCUT2D eigenvalue weighted by molar-refractivity contribution is 14.1. The lowest BCUT2D eigenvalue weighted by atomic mass is 10.2. The largest absolute Gasteiger partial charge is 0.392 e. The highest BCUT2D eigenvalue weighted by Crippen LogP contribution is 1.97. The number of aliphatic hydroxyl groups excluding tert-OH is 1. The maximum atomic E-state index is 8.66. The van der Waals surface area contributed by atoms with Gasteiger partial charge in [0.25, 0.3) is 0 Å². The standard InChI is InChI=1S/C6H11IN2O/c1-5(4-10)6(9-7)3-8-2/h3,6,9-10H,1,4H2,2H3. The molecule has 0 heterocycles. The van der Waals surface area contributed by atoms with Crippen LogP contribution >= 0.6 is 22.9 Å². The maximum absolute atomic E-state index is 8.66. The number of halogens is 1. The quantitative estimate of drug-likeness (QED) is 0.333. The van der Waals surface area contributed by atoms with Crippen LogP contribution in [0.2, 0.25) is 0 Å². The van der Waals surface area contributed by atoms with Crippen LogP contribution in [0.1, 0.15) is 0 Å². The van der Waals surface area contributed by atoms with E-state index in [1.807, 2.05) is 22.9 Å². The molecular weight excluding hydrogens is 243 g/mol. The van der Waals surface area contributed by atoms with Gasteiger partial charge in [-0.3, -0.25) is 4.99 Å². The molecule has 0 radical (unpaired) electrons. The molecule has 1 unspecified atom stereocenters. The number of aliphatic imine (C=N–C) groups is 1. The Kier molecular flexibility index (Phi) is 5.85. The zero-order valence-corrected chi connectivity index (χ0v) is 8.00. The summed E-state index contributed by atoms with van der Waals surface area (Å²) in [6, 6.07) is -0.0180. The molecule has 0 amide bonds. The van der Waals surface area contributed by atoms with Crippen molar-refractivity contribution in [1.82, 2.24) is 3.53 Å². The van der Waals surface area contributed by atoms with E-state index in [4.69, 9.17) is 5.11 Å². The van der Waals surface area contributed by atoms with Gasteiger partial charge in [-0.1, -0.05) is 6.58 Å². The minimum absolute atomic E-state index is 0.00725. The van der Waals surface area contributed by atoms with Gasteiger partial charge in [-0.25, -0.2) is 3.53 Å². The predicted molar refractivity (Wildman–Crippen MR) is 51.6 cm³/mol. The molecule has 0 aromatic heterocycles. The van der Waals surface area contributed by atoms with Crippen molar-refractivity contribution in [2.24, 2.45) is 4.99 Å². The fraction of sp³-hybridized carbons (Fsp3) is 0.500. The lowest BCUT2D eigenvalue weighted by Gasteiger charge is -2.09. The molecule has 0 bridgehead atoms. The molecule has 0 aliphatic carbocycles. The van der Waals surface area contributed by atoms with Crippen LogP contribution in [0.25, 0.3) is 0 Å². The van der Waals surface area contributed by atoms with Crippen molar-refractivity contribution in [3.05, 3.63) is 12.2 Å². The first kappa shape index (κ1) is 10.1. The molecule has 0 aromatic carbocycles. The lowest BCUT2D eigenvalue weighted by molar-refractivity contribution is 0.327. The van der Waals surface area contributed by atoms with E-state index in [-0.39, 0.29) is 12.6 Å². The van der Waals surface area contributed by atoms with Crippen LogP contribution in [0.15, 0.2) is 17.1 Å². The Bertz CT molecular complexity index is 136. The first-order valence-electron chi connectivity index (χ1n) is 2.83. The molecular formula is C6H11IN2O. The maximum Gasteiger partial charge on any atom is 0.0741 e. The van der Waals surface area contributed by atoms with Gasteiger partial charge >= 0.3 is 0 Å². The van der Waals surface area contributed by atoms with E-state index < -0.39 is 0 Å². The Morgan fingerprint density at radius 2 is 2.60 bits per heavy atom. The van der Waals surface area contributed by atoms with Gasteiger partial charge in [0, 0.05) is 36.1 Å². The van der Waals surface area contributed by atoms with Crippen molar-refractivity contribution in [3.63, 3.8) is 0 Å². The lowest BCUT2D eigenvalue weighted by Crippen LogP contribution is -2.25. The first-order chi connectivity index (χ1) is 4.76. The summed E-state index contributed by atoms with van der Waals surface area (Å²) in [4.78, 5) is 3.81. The van der Waals surface area contributed by atoms with Crippen molar-refractivity contribution < 1.29 is 5.11 Å². The van der Waals surface area contributed by atoms with E-state index in [1.165, 1.54) is 0 Å². The Hall–Kier alpha value is 0.0600. The highest BCUT2D eigenvalue weighted by Gasteiger charge is 2.04. The van der Waals surface area contributed by atoms with Gasteiger partial charge in [-0.05, 0) is 5.57 Å². The number of hydrogen-bond donors (Lipinski definition) is 2. The second-order valence-electron chi connectivity index (χ2n) is 1.81. The molecule has 58 valence electrons. The van der Waals surface area contributed by atoms with Crippen LogP contribution in [0.3, 0.4) is 0 Å². The van der Waals surface area contributed by atoms with E-state index in [9.17, 15) is 0 Å². The third-order valence-electron chi connectivity index (χ3n) is 1.06. The summed E-state index contributed by atoms with van der Waals surface area (Å²) in [5.74, 6) is 0. The minimum atomic E-state index is -0.0180. The van der Waals surface area contributed by atoms with Crippen molar-refractivity contribution in [1.29, 1.82) is 0 Å². The third kappa shape index (κ3) is 3.28. The third-order valence-corrected chi connectivity index (χ3v) is 1.73. The summed E-state index contributed by atoms with van der Waals surface area (Å²) < 4.78 is 2.91. The summed E-state index contributed by atoms with van der Waals surface area (Å²) in [5, 5.41) is 8.66. The second-order valence-corrected chi connectivity index (χ2v) is 2.43. The Morgan fingerprint density at radius 3 is 2.90 bits per heavy atom. The van der Waals surface area contributed by atoms with Crippen molar-refractivity contribution in [3.8, 4) is 0 Å². The first-order valence-corrected chi connectivity index (χ1v) is 3.91. The molecule has 4 heteroatoms. The Morgan fingerprint density at radius 1 is 2.00 bits per heavy atom. The zero-order chi connectivity index (χ0) is 7.98. The highest BCUT2D eigenvalue weighted by atomic mass is 127. The fourth-order valence-electron chi connectivity index (χ4n) is 0.458. The van der Waals surface area contributed by atoms with E-state index in [0.29, 0.717) is 0 Å². The normalized spacial score (nSPS) is 13.9. The molecule has 0 spiro atoms. The summed E-state index contributed by atoms with van der Waals surface area (Å²) >= 11 is 2.00. The molecule has 0 saturated carbocycles. The molecule has 0 aliphatic rings. The number of hydrogen-bond acceptors (Lipinski definition) is 3. The van der Waals surface area contributed by atoms with Gasteiger partial charge in [0.1, 0.15) is 0 Å². The van der Waals surface area contributed by atoms with E-state index in [2.05, 4.69) is 15.1 Å². The fourth-order valence-corrected chi connectivity index (χ4v) is 1.06. The molecule has 2 N–H and O–H groups in total. The smallest absolute Gasteiger partial charge is 0.0741 e. The van der Waals surface area contributed by atoms with Gasteiger partial charge in [-0.15, -0.1) is 0 Å². The van der Waals surface area contributed by atoms with Gasteiger partial charge in [0.15, 0.2) is 0 Å². The molecule has 3 nitrogen and oxygen atoms in total. The number of nitrogens with zero attached hydrogens (tertiary/aromatic N) is 1. The van der Waals surface area contributed by atoms with Crippen molar-refractivity contribution in [2.75, 3.05) is 13.7 Å². The monoisotopic (exact) mass is 254 g/mol. The van der Waals surface area contributed by atoms with E-state index >= 15 is 0 Å². The number of nitrogens with one attached hydrogen (secondary N) is 1. The molecule has 0 aromatic rings. The van der Waals surface area contributed by atoms with Crippen LogP contribution in [0, 0.1) is 0 Å². The summed E-state index contributed by atoms with van der Waals surface area (Å²) in [6.07, 6.45) is 1.70. The van der Waals surface area contributed by atoms with E-state index in [1.54, 1.807) is 13.3 Å².